The molecule has 0 aliphatic rings. The Morgan fingerprint density at radius 2 is 1.83 bits per heavy atom. The quantitative estimate of drug-likeness (QED) is 0.716. The molecule has 0 saturated heterocycles. The summed E-state index contributed by atoms with van der Waals surface area (Å²) < 4.78 is 10.5. The first-order valence-corrected chi connectivity index (χ1v) is 8.11. The number of carbonyl (C=O) groups excluding carboxylic acids is 1. The number of carbonyl (C=O) groups is 1. The van der Waals surface area contributed by atoms with E-state index in [0.717, 1.165) is 16.9 Å². The first kappa shape index (κ1) is 16.0. The van der Waals surface area contributed by atoms with Crippen LogP contribution < -0.4 is 10.5 Å². The number of esters is 1. The Labute approximate surface area is 143 Å². The first-order chi connectivity index (χ1) is 11.7. The molecule has 0 aliphatic heterocycles. The molecule has 2 aromatic carbocycles. The third kappa shape index (κ3) is 3.55. The van der Waals surface area contributed by atoms with Crippen molar-refractivity contribution in [1.82, 2.24) is 4.98 Å². The molecule has 5 nitrogen and oxygen atoms in total. The highest BCUT2D eigenvalue weighted by Gasteiger charge is 2.19. The lowest BCUT2D eigenvalue weighted by Gasteiger charge is -2.07. The van der Waals surface area contributed by atoms with Crippen molar-refractivity contribution in [2.24, 2.45) is 0 Å². The lowest BCUT2D eigenvalue weighted by atomic mass is 10.1. The van der Waals surface area contributed by atoms with Gasteiger partial charge in [0.25, 0.3) is 0 Å². The number of benzene rings is 2. The zero-order valence-electron chi connectivity index (χ0n) is 13.1. The molecule has 0 amide bonds. The molecule has 0 spiro atoms. The maximum atomic E-state index is 11.8. The van der Waals surface area contributed by atoms with E-state index in [-0.39, 0.29) is 5.69 Å². The molecule has 6 heteroatoms. The number of nitrogens with two attached hydrogens (primary N) is 1. The molecule has 1 aromatic heterocycles. The molecule has 1 heterocycles. The normalized spacial score (nSPS) is 10.4. The molecule has 0 saturated carbocycles. The van der Waals surface area contributed by atoms with Crippen molar-refractivity contribution < 1.29 is 14.3 Å². The first-order valence-electron chi connectivity index (χ1n) is 7.29. The average Bonchev–Trinajstić information content (AvgIpc) is 3.02. The number of hydrogen-bond donors (Lipinski definition) is 1. The van der Waals surface area contributed by atoms with Crippen LogP contribution in [0.25, 0.3) is 10.4 Å². The summed E-state index contributed by atoms with van der Waals surface area (Å²) in [6.07, 6.45) is 0. The van der Waals surface area contributed by atoms with Gasteiger partial charge in [0.1, 0.15) is 12.4 Å². The van der Waals surface area contributed by atoms with Crippen LogP contribution in [0.2, 0.25) is 0 Å². The van der Waals surface area contributed by atoms with Gasteiger partial charge in [-0.2, -0.15) is 0 Å². The van der Waals surface area contributed by atoms with Gasteiger partial charge in [0, 0.05) is 0 Å². The van der Waals surface area contributed by atoms with Crippen molar-refractivity contribution in [3.8, 4) is 16.2 Å². The van der Waals surface area contributed by atoms with E-state index in [1.165, 1.54) is 18.4 Å². The highest BCUT2D eigenvalue weighted by Crippen LogP contribution is 2.33. The Morgan fingerprint density at radius 1 is 1.12 bits per heavy atom. The summed E-state index contributed by atoms with van der Waals surface area (Å²) >= 11 is 1.25. The monoisotopic (exact) mass is 340 g/mol. The van der Waals surface area contributed by atoms with Gasteiger partial charge in [-0.1, -0.05) is 41.7 Å². The fraction of sp³-hybridized carbons (Fsp3) is 0.111. The van der Waals surface area contributed by atoms with Crippen molar-refractivity contribution >= 4 is 22.4 Å². The maximum Gasteiger partial charge on any atom is 0.358 e. The summed E-state index contributed by atoms with van der Waals surface area (Å²) in [6, 6.07) is 17.4. The Balaban J connectivity index is 1.76. The van der Waals surface area contributed by atoms with Crippen molar-refractivity contribution in [1.29, 1.82) is 0 Å². The number of nitrogens with zero attached hydrogens (tertiary/aromatic N) is 1. The lowest BCUT2D eigenvalue weighted by molar-refractivity contribution is 0.0596. The van der Waals surface area contributed by atoms with Crippen molar-refractivity contribution in [3.05, 3.63) is 65.9 Å². The smallest absolute Gasteiger partial charge is 0.358 e. The van der Waals surface area contributed by atoms with Gasteiger partial charge in [-0.05, 0) is 35.4 Å². The highest BCUT2D eigenvalue weighted by atomic mass is 32.1. The van der Waals surface area contributed by atoms with E-state index in [1.807, 2.05) is 54.6 Å². The number of rotatable bonds is 5. The molecule has 0 bridgehead atoms. The Morgan fingerprint density at radius 3 is 2.50 bits per heavy atom. The fourth-order valence-electron chi connectivity index (χ4n) is 2.21. The third-order valence-corrected chi connectivity index (χ3v) is 4.32. The van der Waals surface area contributed by atoms with Gasteiger partial charge in [-0.15, -0.1) is 0 Å². The van der Waals surface area contributed by atoms with Crippen LogP contribution in [0.1, 0.15) is 16.1 Å². The fourth-order valence-corrected chi connectivity index (χ4v) is 3.04. The molecule has 122 valence electrons. The van der Waals surface area contributed by atoms with Crippen LogP contribution in [0.3, 0.4) is 0 Å². The molecule has 0 fully saturated rings. The van der Waals surface area contributed by atoms with Gasteiger partial charge in [-0.3, -0.25) is 0 Å². The summed E-state index contributed by atoms with van der Waals surface area (Å²) in [5.74, 6) is 0.252. The summed E-state index contributed by atoms with van der Waals surface area (Å²) in [7, 11) is 1.32. The van der Waals surface area contributed by atoms with E-state index in [2.05, 4.69) is 4.98 Å². The molecular formula is C18H16N2O3S. The average molecular weight is 340 g/mol. The van der Waals surface area contributed by atoms with Gasteiger partial charge < -0.3 is 15.2 Å². The molecular weight excluding hydrogens is 324 g/mol. The lowest BCUT2D eigenvalue weighted by Crippen LogP contribution is -2.03. The van der Waals surface area contributed by atoms with Crippen LogP contribution in [-0.2, 0) is 11.3 Å². The molecule has 24 heavy (non-hydrogen) atoms. The minimum Gasteiger partial charge on any atom is -0.489 e. The second-order valence-electron chi connectivity index (χ2n) is 5.02. The standard InChI is InChI=1S/C18H16N2O3S/c1-22-17(21)15-16(24-18(19)20-15)13-7-9-14(10-8-13)23-11-12-5-3-2-4-6-12/h2-10H,11H2,1H3,(H2,19,20). The molecule has 3 aromatic rings. The Kier molecular flexibility index (Phi) is 4.77. The van der Waals surface area contributed by atoms with Crippen LogP contribution in [0.5, 0.6) is 5.75 Å². The van der Waals surface area contributed by atoms with Crippen molar-refractivity contribution in [2.45, 2.75) is 6.61 Å². The highest BCUT2D eigenvalue weighted by molar-refractivity contribution is 7.19. The van der Waals surface area contributed by atoms with Crippen LogP contribution in [0.15, 0.2) is 54.6 Å². The zero-order valence-corrected chi connectivity index (χ0v) is 13.9. The van der Waals surface area contributed by atoms with E-state index < -0.39 is 5.97 Å². The number of nitrogen functional groups attached to an aromatic ring is 1. The van der Waals surface area contributed by atoms with E-state index in [4.69, 9.17) is 15.2 Å². The molecule has 3 rings (SSSR count). The predicted molar refractivity (Wildman–Crippen MR) is 94.1 cm³/mol. The van der Waals surface area contributed by atoms with Crippen LogP contribution in [0, 0.1) is 0 Å². The number of ether oxygens (including phenoxy) is 2. The number of thiazole rings is 1. The number of anilines is 1. The minimum absolute atomic E-state index is 0.234. The van der Waals surface area contributed by atoms with Crippen LogP contribution in [-0.4, -0.2) is 18.1 Å². The number of aromatic nitrogens is 1. The number of hydrogen-bond acceptors (Lipinski definition) is 6. The van der Waals surface area contributed by atoms with Crippen molar-refractivity contribution in [3.63, 3.8) is 0 Å². The van der Waals surface area contributed by atoms with Gasteiger partial charge in [0.05, 0.1) is 12.0 Å². The van der Waals surface area contributed by atoms with E-state index >= 15 is 0 Å². The summed E-state index contributed by atoms with van der Waals surface area (Å²) in [6.45, 7) is 0.501. The van der Waals surface area contributed by atoms with Crippen LogP contribution >= 0.6 is 11.3 Å². The van der Waals surface area contributed by atoms with Gasteiger partial charge in [0.15, 0.2) is 10.8 Å². The van der Waals surface area contributed by atoms with E-state index in [1.54, 1.807) is 0 Å². The van der Waals surface area contributed by atoms with Crippen LogP contribution in [0.4, 0.5) is 5.13 Å². The molecule has 0 unspecified atom stereocenters. The topological polar surface area (TPSA) is 74.4 Å². The summed E-state index contributed by atoms with van der Waals surface area (Å²) in [5.41, 5.74) is 7.91. The molecule has 0 atom stereocenters. The molecule has 2 N–H and O–H groups in total. The number of methoxy groups -OCH3 is 1. The Bertz CT molecular complexity index is 829. The van der Waals surface area contributed by atoms with Gasteiger partial charge in [0.2, 0.25) is 0 Å². The molecule has 0 aliphatic carbocycles. The third-order valence-electron chi connectivity index (χ3n) is 3.39. The minimum atomic E-state index is -0.498. The zero-order chi connectivity index (χ0) is 16.9. The SMILES string of the molecule is COC(=O)c1nc(N)sc1-c1ccc(OCc2ccccc2)cc1. The Hall–Kier alpha value is -2.86. The maximum absolute atomic E-state index is 11.8. The van der Waals surface area contributed by atoms with E-state index in [9.17, 15) is 4.79 Å². The second kappa shape index (κ2) is 7.14. The van der Waals surface area contributed by atoms with Gasteiger partial charge in [-0.25, -0.2) is 9.78 Å². The summed E-state index contributed by atoms with van der Waals surface area (Å²) in [5, 5.41) is 0.329. The summed E-state index contributed by atoms with van der Waals surface area (Å²) in [4.78, 5) is 16.5. The van der Waals surface area contributed by atoms with Crippen molar-refractivity contribution in [2.75, 3.05) is 12.8 Å². The molecule has 0 radical (unpaired) electrons. The predicted octanol–water partition coefficient (Wildman–Crippen LogP) is 3.76. The van der Waals surface area contributed by atoms with E-state index in [0.29, 0.717) is 16.6 Å². The largest absolute Gasteiger partial charge is 0.489 e. The second-order valence-corrected chi connectivity index (χ2v) is 6.05. The van der Waals surface area contributed by atoms with Gasteiger partial charge >= 0.3 is 5.97 Å².